The molecular weight excluding hydrogens is 323 g/mol. The van der Waals surface area contributed by atoms with Crippen molar-refractivity contribution in [3.05, 3.63) is 52.2 Å². The molecule has 0 unspecified atom stereocenters. The highest BCUT2D eigenvalue weighted by molar-refractivity contribution is 5.96. The molecule has 0 spiro atoms. The number of H-pyrrole nitrogens is 1. The first kappa shape index (κ1) is 17.1. The highest BCUT2D eigenvalue weighted by Crippen LogP contribution is 2.31. The topological polar surface area (TPSA) is 69.3 Å². The van der Waals surface area contributed by atoms with Gasteiger partial charge >= 0.3 is 0 Å². The number of nitrogens with one attached hydrogen (secondary N) is 1. The quantitative estimate of drug-likeness (QED) is 0.903. The van der Waals surface area contributed by atoms with Crippen LogP contribution in [0.3, 0.4) is 0 Å². The van der Waals surface area contributed by atoms with Gasteiger partial charge in [-0.2, -0.15) is 0 Å². The summed E-state index contributed by atoms with van der Waals surface area (Å²) in [6.07, 6.45) is 0.283. The Balaban J connectivity index is 1.87. The van der Waals surface area contributed by atoms with Crippen LogP contribution in [-0.2, 0) is 4.79 Å². The number of amides is 1. The molecule has 6 nitrogen and oxygen atoms in total. The van der Waals surface area contributed by atoms with Crippen LogP contribution < -0.4 is 15.4 Å². The van der Waals surface area contributed by atoms with Gasteiger partial charge in [-0.3, -0.25) is 14.6 Å². The molecule has 132 valence electrons. The van der Waals surface area contributed by atoms with Gasteiger partial charge in [-0.05, 0) is 38.1 Å². The number of aromatic nitrogens is 2. The number of hydrogen-bond donors (Lipinski definition) is 1. The zero-order chi connectivity index (χ0) is 18.0. The fourth-order valence-corrected chi connectivity index (χ4v) is 3.12. The first-order valence-corrected chi connectivity index (χ1v) is 8.44. The van der Waals surface area contributed by atoms with E-state index in [9.17, 15) is 14.0 Å². The average molecular weight is 344 g/mol. The lowest BCUT2D eigenvalue weighted by atomic mass is 10.0. The van der Waals surface area contributed by atoms with E-state index in [2.05, 4.69) is 9.97 Å². The second kappa shape index (κ2) is 7.04. The van der Waals surface area contributed by atoms with Crippen LogP contribution in [-0.4, -0.2) is 35.5 Å². The lowest BCUT2D eigenvalue weighted by molar-refractivity contribution is -0.117. The molecule has 1 fully saturated rings. The molecule has 1 N–H and O–H groups in total. The minimum Gasteiger partial charge on any atom is -0.343 e. The summed E-state index contributed by atoms with van der Waals surface area (Å²) in [6.45, 7) is 5.87. The molecule has 0 saturated carbocycles. The zero-order valence-electron chi connectivity index (χ0n) is 14.3. The second-order valence-corrected chi connectivity index (χ2v) is 6.05. The Morgan fingerprint density at radius 3 is 2.56 bits per heavy atom. The summed E-state index contributed by atoms with van der Waals surface area (Å²) in [5.74, 6) is -0.0236. The predicted molar refractivity (Wildman–Crippen MR) is 94.5 cm³/mol. The third-order valence-electron chi connectivity index (χ3n) is 4.49. The molecule has 1 atom stereocenters. The highest BCUT2D eigenvalue weighted by atomic mass is 19.1. The molecule has 1 saturated heterocycles. The van der Waals surface area contributed by atoms with Crippen molar-refractivity contribution in [3.8, 4) is 0 Å². The predicted octanol–water partition coefficient (Wildman–Crippen LogP) is 2.28. The van der Waals surface area contributed by atoms with Gasteiger partial charge < -0.3 is 9.80 Å². The lowest BCUT2D eigenvalue weighted by Gasteiger charge is -2.20. The van der Waals surface area contributed by atoms with Gasteiger partial charge in [-0.15, -0.1) is 0 Å². The second-order valence-electron chi connectivity index (χ2n) is 6.05. The van der Waals surface area contributed by atoms with E-state index < -0.39 is 0 Å². The van der Waals surface area contributed by atoms with Crippen LogP contribution in [0.2, 0.25) is 0 Å². The van der Waals surface area contributed by atoms with Crippen molar-refractivity contribution in [3.63, 3.8) is 0 Å². The van der Waals surface area contributed by atoms with Gasteiger partial charge in [-0.25, -0.2) is 9.37 Å². The minimum absolute atomic E-state index is 0.0527. The largest absolute Gasteiger partial charge is 0.343 e. The number of carbonyl (C=O) groups excluding carboxylic acids is 1. The van der Waals surface area contributed by atoms with Gasteiger partial charge in [0, 0.05) is 43.7 Å². The molecule has 1 amide bonds. The van der Waals surface area contributed by atoms with Gasteiger partial charge in [-0.1, -0.05) is 0 Å². The first-order valence-electron chi connectivity index (χ1n) is 8.44. The van der Waals surface area contributed by atoms with Crippen molar-refractivity contribution < 1.29 is 9.18 Å². The van der Waals surface area contributed by atoms with Crippen LogP contribution in [0.15, 0.2) is 35.1 Å². The van der Waals surface area contributed by atoms with E-state index in [1.807, 2.05) is 18.7 Å². The highest BCUT2D eigenvalue weighted by Gasteiger charge is 2.33. The molecule has 1 aromatic heterocycles. The molecule has 1 aliphatic rings. The number of anilines is 2. The third kappa shape index (κ3) is 3.55. The summed E-state index contributed by atoms with van der Waals surface area (Å²) in [7, 11) is 0. The van der Waals surface area contributed by atoms with Crippen molar-refractivity contribution in [1.82, 2.24) is 9.97 Å². The van der Waals surface area contributed by atoms with Crippen molar-refractivity contribution >= 4 is 17.5 Å². The van der Waals surface area contributed by atoms with Crippen LogP contribution in [0, 0.1) is 5.82 Å². The number of aromatic amines is 1. The Labute approximate surface area is 145 Å². The molecule has 0 aliphatic carbocycles. The fourth-order valence-electron chi connectivity index (χ4n) is 3.12. The number of hydrogen-bond acceptors (Lipinski definition) is 4. The van der Waals surface area contributed by atoms with Crippen molar-refractivity contribution in [2.45, 2.75) is 26.2 Å². The van der Waals surface area contributed by atoms with Crippen molar-refractivity contribution in [2.24, 2.45) is 0 Å². The standard InChI is InChI=1S/C18H21FN4O2/c1-3-22(4-2)18-20-15(10-16(24)21-18)12-9-17(25)23(11-12)14-7-5-13(19)6-8-14/h5-8,10,12H,3-4,9,11H2,1-2H3,(H,20,21,24)/t12-/m1/s1. The van der Waals surface area contributed by atoms with E-state index in [4.69, 9.17) is 0 Å². The fraction of sp³-hybridized carbons (Fsp3) is 0.389. The van der Waals surface area contributed by atoms with Crippen LogP contribution in [0.5, 0.6) is 0 Å². The summed E-state index contributed by atoms with van der Waals surface area (Å²) in [6, 6.07) is 7.29. The van der Waals surface area contributed by atoms with Crippen molar-refractivity contribution in [1.29, 1.82) is 0 Å². The SMILES string of the molecule is CCN(CC)c1nc([C@@H]2CC(=O)N(c3ccc(F)cc3)C2)cc(=O)[nH]1. The van der Waals surface area contributed by atoms with Crippen LogP contribution in [0.4, 0.5) is 16.0 Å². The maximum Gasteiger partial charge on any atom is 0.252 e. The van der Waals surface area contributed by atoms with Crippen LogP contribution >= 0.6 is 0 Å². The van der Waals surface area contributed by atoms with E-state index >= 15 is 0 Å². The maximum atomic E-state index is 13.1. The molecule has 1 aliphatic heterocycles. The summed E-state index contributed by atoms with van der Waals surface area (Å²) >= 11 is 0. The summed E-state index contributed by atoms with van der Waals surface area (Å²) in [5.41, 5.74) is 1.05. The number of carbonyl (C=O) groups is 1. The van der Waals surface area contributed by atoms with Crippen molar-refractivity contribution in [2.75, 3.05) is 29.4 Å². The maximum absolute atomic E-state index is 13.1. The van der Waals surface area contributed by atoms with Gasteiger partial charge in [0.2, 0.25) is 11.9 Å². The van der Waals surface area contributed by atoms with E-state index in [1.54, 1.807) is 17.0 Å². The average Bonchev–Trinajstić information content (AvgIpc) is 2.98. The molecule has 0 bridgehead atoms. The molecule has 25 heavy (non-hydrogen) atoms. The van der Waals surface area contributed by atoms with E-state index in [0.29, 0.717) is 23.9 Å². The van der Waals surface area contributed by atoms with Gasteiger partial charge in [0.25, 0.3) is 5.56 Å². The smallest absolute Gasteiger partial charge is 0.252 e. The summed E-state index contributed by atoms with van der Waals surface area (Å²) in [4.78, 5) is 35.3. The van der Waals surface area contributed by atoms with E-state index in [1.165, 1.54) is 18.2 Å². The summed E-state index contributed by atoms with van der Waals surface area (Å²) in [5, 5.41) is 0. The Hall–Kier alpha value is -2.70. The van der Waals surface area contributed by atoms with Gasteiger partial charge in [0.15, 0.2) is 0 Å². The third-order valence-corrected chi connectivity index (χ3v) is 4.49. The molecule has 7 heteroatoms. The monoisotopic (exact) mass is 344 g/mol. The Kier molecular flexibility index (Phi) is 4.83. The first-order chi connectivity index (χ1) is 12.0. The molecule has 0 radical (unpaired) electrons. The Morgan fingerprint density at radius 1 is 1.24 bits per heavy atom. The lowest BCUT2D eigenvalue weighted by Crippen LogP contribution is -2.28. The zero-order valence-corrected chi connectivity index (χ0v) is 14.3. The van der Waals surface area contributed by atoms with Gasteiger partial charge in [0.05, 0.1) is 5.69 Å². The van der Waals surface area contributed by atoms with Gasteiger partial charge in [0.1, 0.15) is 5.82 Å². The number of benzene rings is 1. The Bertz CT molecular complexity index is 815. The molecular formula is C18H21FN4O2. The van der Waals surface area contributed by atoms with E-state index in [-0.39, 0.29) is 29.6 Å². The van der Waals surface area contributed by atoms with Crippen LogP contribution in [0.1, 0.15) is 31.9 Å². The van der Waals surface area contributed by atoms with E-state index in [0.717, 1.165) is 13.1 Å². The molecule has 3 rings (SSSR count). The molecule has 1 aromatic carbocycles. The molecule has 2 aromatic rings. The number of rotatable bonds is 5. The minimum atomic E-state index is -0.341. The normalized spacial score (nSPS) is 17.2. The number of nitrogens with zero attached hydrogens (tertiary/aromatic N) is 3. The summed E-state index contributed by atoms with van der Waals surface area (Å²) < 4.78 is 13.1. The number of halogens is 1. The Morgan fingerprint density at radius 2 is 1.92 bits per heavy atom. The molecule has 2 heterocycles. The van der Waals surface area contributed by atoms with Crippen LogP contribution in [0.25, 0.3) is 0 Å².